The van der Waals surface area contributed by atoms with Gasteiger partial charge >= 0.3 is 0 Å². The highest BCUT2D eigenvalue weighted by Crippen LogP contribution is 2.26. The fourth-order valence-corrected chi connectivity index (χ4v) is 3.85. The minimum Gasteiger partial charge on any atom is -0.378 e. The quantitative estimate of drug-likeness (QED) is 0.771. The zero-order chi connectivity index (χ0) is 19.2. The largest absolute Gasteiger partial charge is 0.378 e. The molecule has 0 atom stereocenters. The van der Waals surface area contributed by atoms with Gasteiger partial charge in [-0.2, -0.15) is 0 Å². The van der Waals surface area contributed by atoms with Crippen LogP contribution in [0.15, 0.2) is 36.5 Å². The molecule has 0 saturated carbocycles. The van der Waals surface area contributed by atoms with Crippen molar-refractivity contribution in [3.8, 4) is 11.8 Å². The Morgan fingerprint density at radius 1 is 1.11 bits per heavy atom. The van der Waals surface area contributed by atoms with Crippen molar-refractivity contribution < 1.29 is 4.74 Å². The summed E-state index contributed by atoms with van der Waals surface area (Å²) >= 11 is 0. The molecule has 5 heteroatoms. The van der Waals surface area contributed by atoms with Crippen LogP contribution < -0.4 is 4.90 Å². The fourth-order valence-electron chi connectivity index (χ4n) is 3.85. The molecular weight excluding hydrogens is 348 g/mol. The number of hydrogen-bond donors (Lipinski definition) is 0. The Bertz CT molecular complexity index is 843. The van der Waals surface area contributed by atoms with E-state index >= 15 is 0 Å². The second kappa shape index (κ2) is 9.18. The summed E-state index contributed by atoms with van der Waals surface area (Å²) in [6, 6.07) is 10.4. The lowest BCUT2D eigenvalue weighted by Crippen LogP contribution is -2.37. The fraction of sp³-hybridized carbons (Fsp3) is 0.478. The highest BCUT2D eigenvalue weighted by molar-refractivity contribution is 5.38. The van der Waals surface area contributed by atoms with Crippen molar-refractivity contribution in [2.24, 2.45) is 0 Å². The normalized spacial score (nSPS) is 18.5. The molecule has 0 amide bonds. The van der Waals surface area contributed by atoms with Gasteiger partial charge in [-0.3, -0.25) is 4.90 Å². The molecule has 1 aromatic carbocycles. The molecule has 2 aliphatic heterocycles. The van der Waals surface area contributed by atoms with Crippen molar-refractivity contribution in [1.29, 1.82) is 0 Å². The number of aromatic nitrogens is 2. The van der Waals surface area contributed by atoms with Crippen molar-refractivity contribution in [2.75, 3.05) is 50.8 Å². The van der Waals surface area contributed by atoms with Crippen molar-refractivity contribution in [1.82, 2.24) is 14.9 Å². The molecule has 0 unspecified atom stereocenters. The first kappa shape index (κ1) is 18.9. The number of rotatable bonds is 3. The Morgan fingerprint density at radius 3 is 2.71 bits per heavy atom. The molecule has 2 aliphatic rings. The summed E-state index contributed by atoms with van der Waals surface area (Å²) in [4.78, 5) is 14.2. The van der Waals surface area contributed by atoms with E-state index in [-0.39, 0.29) is 0 Å². The van der Waals surface area contributed by atoms with Gasteiger partial charge in [0.2, 0.25) is 0 Å². The first-order valence-corrected chi connectivity index (χ1v) is 10.2. The predicted molar refractivity (Wildman–Crippen MR) is 112 cm³/mol. The number of piperidine rings is 1. The summed E-state index contributed by atoms with van der Waals surface area (Å²) < 4.78 is 5.44. The molecule has 4 rings (SSSR count). The van der Waals surface area contributed by atoms with E-state index in [9.17, 15) is 0 Å². The summed E-state index contributed by atoms with van der Waals surface area (Å²) in [6.07, 6.45) is 4.10. The van der Waals surface area contributed by atoms with Crippen LogP contribution in [0, 0.1) is 18.8 Å². The maximum absolute atomic E-state index is 5.44. The van der Waals surface area contributed by atoms with E-state index in [1.165, 1.54) is 5.56 Å². The molecule has 0 N–H and O–H groups in total. The summed E-state index contributed by atoms with van der Waals surface area (Å²) in [6.45, 7) is 8.42. The van der Waals surface area contributed by atoms with Crippen LogP contribution in [0.1, 0.15) is 35.7 Å². The van der Waals surface area contributed by atoms with Gasteiger partial charge in [-0.15, -0.1) is 0 Å². The first-order chi connectivity index (χ1) is 13.8. The van der Waals surface area contributed by atoms with Crippen LogP contribution in [0.5, 0.6) is 0 Å². The molecule has 146 valence electrons. The van der Waals surface area contributed by atoms with Gasteiger partial charge in [0.15, 0.2) is 0 Å². The summed E-state index contributed by atoms with van der Waals surface area (Å²) in [5, 5.41) is 0. The number of ether oxygens (including phenoxy) is 1. The SMILES string of the molecule is Cc1cccc(C#CCN2CCC(c3nccc(N4CCOCC4)n3)CC2)c1. The van der Waals surface area contributed by atoms with Crippen molar-refractivity contribution >= 4 is 5.82 Å². The van der Waals surface area contributed by atoms with Crippen molar-refractivity contribution in [3.63, 3.8) is 0 Å². The van der Waals surface area contributed by atoms with Crippen LogP contribution >= 0.6 is 0 Å². The van der Waals surface area contributed by atoms with Gasteiger partial charge in [-0.05, 0) is 56.6 Å². The van der Waals surface area contributed by atoms with Crippen LogP contribution in [0.4, 0.5) is 5.82 Å². The van der Waals surface area contributed by atoms with E-state index in [1.54, 1.807) is 0 Å². The average molecular weight is 377 g/mol. The molecule has 0 radical (unpaired) electrons. The lowest BCUT2D eigenvalue weighted by Gasteiger charge is -2.31. The molecule has 0 spiro atoms. The lowest BCUT2D eigenvalue weighted by atomic mass is 9.96. The number of nitrogens with zero attached hydrogens (tertiary/aromatic N) is 4. The number of morpholine rings is 1. The minimum absolute atomic E-state index is 0.446. The molecule has 0 bridgehead atoms. The average Bonchev–Trinajstić information content (AvgIpc) is 2.75. The zero-order valence-electron chi connectivity index (χ0n) is 16.6. The van der Waals surface area contributed by atoms with Crippen LogP contribution in [0.3, 0.4) is 0 Å². The standard InChI is InChI=1S/C23H28N4O/c1-19-4-2-5-20(18-19)6-3-11-26-12-8-21(9-13-26)23-24-10-7-22(25-23)27-14-16-28-17-15-27/h2,4-5,7,10,18,21H,8-9,11-17H2,1H3. The summed E-state index contributed by atoms with van der Waals surface area (Å²) in [5.74, 6) is 9.10. The number of benzene rings is 1. The zero-order valence-corrected chi connectivity index (χ0v) is 16.6. The molecule has 0 aliphatic carbocycles. The van der Waals surface area contributed by atoms with Crippen LogP contribution in [-0.4, -0.2) is 60.8 Å². The van der Waals surface area contributed by atoms with Crippen LogP contribution in [-0.2, 0) is 4.74 Å². The van der Waals surface area contributed by atoms with E-state index in [0.29, 0.717) is 5.92 Å². The van der Waals surface area contributed by atoms with Crippen LogP contribution in [0.2, 0.25) is 0 Å². The third-order valence-electron chi connectivity index (χ3n) is 5.50. The third kappa shape index (κ3) is 4.89. The molecule has 2 saturated heterocycles. The van der Waals surface area contributed by atoms with Gasteiger partial charge in [0, 0.05) is 30.8 Å². The number of anilines is 1. The second-order valence-electron chi connectivity index (χ2n) is 7.59. The van der Waals surface area contributed by atoms with Crippen molar-refractivity contribution in [3.05, 3.63) is 53.5 Å². The monoisotopic (exact) mass is 376 g/mol. The molecule has 2 fully saturated rings. The Hall–Kier alpha value is -2.42. The summed E-state index contributed by atoms with van der Waals surface area (Å²) in [5.41, 5.74) is 2.36. The maximum atomic E-state index is 5.44. The minimum atomic E-state index is 0.446. The molecule has 28 heavy (non-hydrogen) atoms. The predicted octanol–water partition coefficient (Wildman–Crippen LogP) is 2.85. The second-order valence-corrected chi connectivity index (χ2v) is 7.59. The van der Waals surface area contributed by atoms with E-state index < -0.39 is 0 Å². The third-order valence-corrected chi connectivity index (χ3v) is 5.50. The maximum Gasteiger partial charge on any atom is 0.133 e. The van der Waals surface area contributed by atoms with E-state index in [2.05, 4.69) is 57.8 Å². The number of hydrogen-bond acceptors (Lipinski definition) is 5. The molecule has 3 heterocycles. The van der Waals surface area contributed by atoms with Crippen LogP contribution in [0.25, 0.3) is 0 Å². The van der Waals surface area contributed by atoms with E-state index in [4.69, 9.17) is 9.72 Å². The molecule has 5 nitrogen and oxygen atoms in total. The Balaban J connectivity index is 1.31. The Labute approximate surface area is 167 Å². The van der Waals surface area contributed by atoms with Gasteiger partial charge in [0.1, 0.15) is 11.6 Å². The first-order valence-electron chi connectivity index (χ1n) is 10.2. The topological polar surface area (TPSA) is 41.5 Å². The molecule has 1 aromatic heterocycles. The van der Waals surface area contributed by atoms with E-state index in [1.807, 2.05) is 12.3 Å². The van der Waals surface area contributed by atoms with Gasteiger partial charge in [0.05, 0.1) is 19.8 Å². The Morgan fingerprint density at radius 2 is 1.93 bits per heavy atom. The Kier molecular flexibility index (Phi) is 6.20. The number of likely N-dealkylation sites (tertiary alicyclic amines) is 1. The smallest absolute Gasteiger partial charge is 0.133 e. The van der Waals surface area contributed by atoms with Crippen molar-refractivity contribution in [2.45, 2.75) is 25.7 Å². The van der Waals surface area contributed by atoms with E-state index in [0.717, 1.165) is 76.0 Å². The molecule has 2 aromatic rings. The van der Waals surface area contributed by atoms with Gasteiger partial charge in [0.25, 0.3) is 0 Å². The van der Waals surface area contributed by atoms with Gasteiger partial charge < -0.3 is 9.64 Å². The van der Waals surface area contributed by atoms with Gasteiger partial charge in [-0.1, -0.05) is 24.0 Å². The highest BCUT2D eigenvalue weighted by atomic mass is 16.5. The highest BCUT2D eigenvalue weighted by Gasteiger charge is 2.23. The lowest BCUT2D eigenvalue weighted by molar-refractivity contribution is 0.122. The number of aryl methyl sites for hydroxylation is 1. The van der Waals surface area contributed by atoms with Gasteiger partial charge in [-0.25, -0.2) is 9.97 Å². The summed E-state index contributed by atoms with van der Waals surface area (Å²) in [7, 11) is 0. The molecular formula is C23H28N4O.